The Morgan fingerprint density at radius 2 is 2.31 bits per heavy atom. The van der Waals surface area contributed by atoms with E-state index in [9.17, 15) is 4.79 Å². The third-order valence-corrected chi connectivity index (χ3v) is 2.69. The first-order valence-electron chi connectivity index (χ1n) is 5.26. The van der Waals surface area contributed by atoms with E-state index < -0.39 is 11.9 Å². The molecular weight excluding hydrogens is 214 g/mol. The molecule has 0 aromatic heterocycles. The zero-order valence-electron chi connectivity index (χ0n) is 9.69. The van der Waals surface area contributed by atoms with Gasteiger partial charge in [0.2, 0.25) is 0 Å². The predicted octanol–water partition coefficient (Wildman–Crippen LogP) is -0.375. The molecule has 2 rings (SSSR count). The summed E-state index contributed by atoms with van der Waals surface area (Å²) in [6.45, 7) is 4.26. The van der Waals surface area contributed by atoms with Crippen LogP contribution in [0.1, 0.15) is 13.8 Å². The van der Waals surface area contributed by atoms with Crippen LogP contribution in [0.2, 0.25) is 0 Å². The van der Waals surface area contributed by atoms with E-state index in [1.54, 1.807) is 0 Å². The van der Waals surface area contributed by atoms with Gasteiger partial charge in [0.05, 0.1) is 12.6 Å². The molecule has 6 nitrogen and oxygen atoms in total. The van der Waals surface area contributed by atoms with Crippen molar-refractivity contribution in [2.45, 2.75) is 37.9 Å². The average Bonchev–Trinajstić information content (AvgIpc) is 2.55. The second-order valence-corrected chi connectivity index (χ2v) is 4.40. The first-order chi connectivity index (χ1) is 7.53. The minimum absolute atomic E-state index is 0.103. The minimum atomic E-state index is -0.587. The first kappa shape index (κ1) is 11.8. The lowest BCUT2D eigenvalue weighted by atomic mass is 9.96. The molecule has 2 fully saturated rings. The fourth-order valence-corrected chi connectivity index (χ4v) is 1.89. The smallest absolute Gasteiger partial charge is 0.251 e. The van der Waals surface area contributed by atoms with Gasteiger partial charge < -0.3 is 24.3 Å². The topological polar surface area (TPSA) is 66.0 Å². The molecule has 2 aliphatic rings. The summed E-state index contributed by atoms with van der Waals surface area (Å²) in [6, 6.07) is -0.149. The van der Waals surface area contributed by atoms with Crippen LogP contribution < -0.4 is 5.32 Å². The third-order valence-electron chi connectivity index (χ3n) is 2.69. The normalized spacial score (nSPS) is 36.9. The highest BCUT2D eigenvalue weighted by Gasteiger charge is 2.50. The van der Waals surface area contributed by atoms with Crippen molar-refractivity contribution in [1.29, 1.82) is 0 Å². The summed E-state index contributed by atoms with van der Waals surface area (Å²) >= 11 is 0. The van der Waals surface area contributed by atoms with Crippen LogP contribution >= 0.6 is 0 Å². The second kappa shape index (κ2) is 4.29. The largest absolute Gasteiger partial charge is 0.359 e. The van der Waals surface area contributed by atoms with Crippen LogP contribution in [0, 0.1) is 0 Å². The van der Waals surface area contributed by atoms with Crippen molar-refractivity contribution in [3.63, 3.8) is 0 Å². The molecule has 16 heavy (non-hydrogen) atoms. The zero-order chi connectivity index (χ0) is 11.8. The maximum Gasteiger partial charge on any atom is 0.251 e. The van der Waals surface area contributed by atoms with Gasteiger partial charge in [0, 0.05) is 7.11 Å². The molecule has 2 saturated heterocycles. The fraction of sp³-hybridized carbons (Fsp3) is 0.900. The van der Waals surface area contributed by atoms with Gasteiger partial charge in [0.15, 0.2) is 11.9 Å². The van der Waals surface area contributed by atoms with Gasteiger partial charge in [0.1, 0.15) is 12.9 Å². The molecular formula is C10H17NO5. The molecule has 1 N–H and O–H groups in total. The van der Waals surface area contributed by atoms with Gasteiger partial charge in [-0.05, 0) is 13.8 Å². The van der Waals surface area contributed by atoms with Crippen LogP contribution in [-0.4, -0.2) is 50.5 Å². The van der Waals surface area contributed by atoms with E-state index >= 15 is 0 Å². The van der Waals surface area contributed by atoms with Crippen LogP contribution in [0.5, 0.6) is 0 Å². The van der Waals surface area contributed by atoms with E-state index in [4.69, 9.17) is 18.9 Å². The number of nitrogens with one attached hydrogen (secondary N) is 1. The standard InChI is InChI=1S/C10H17NO5/c1-10(2)15-4-6(16-10)7-8(9(12)11-7)14-5-13-3/h6-8H,4-5H2,1-3H3,(H,11,12)/t6-,7?,8-/m1/s1. The Morgan fingerprint density at radius 3 is 2.81 bits per heavy atom. The number of ether oxygens (including phenoxy) is 4. The number of carbonyl (C=O) groups is 1. The maximum absolute atomic E-state index is 11.3. The van der Waals surface area contributed by atoms with Crippen molar-refractivity contribution in [3.8, 4) is 0 Å². The lowest BCUT2D eigenvalue weighted by Crippen LogP contribution is -2.68. The zero-order valence-corrected chi connectivity index (χ0v) is 9.69. The number of amides is 1. The Morgan fingerprint density at radius 1 is 1.56 bits per heavy atom. The fourth-order valence-electron chi connectivity index (χ4n) is 1.89. The van der Waals surface area contributed by atoms with Crippen molar-refractivity contribution in [2.75, 3.05) is 20.5 Å². The molecule has 0 radical (unpaired) electrons. The van der Waals surface area contributed by atoms with Gasteiger partial charge in [-0.2, -0.15) is 0 Å². The Balaban J connectivity index is 1.88. The van der Waals surface area contributed by atoms with E-state index in [1.807, 2.05) is 13.8 Å². The number of β-lactam (4-membered cyclic amide) rings is 1. The highest BCUT2D eigenvalue weighted by Crippen LogP contribution is 2.28. The lowest BCUT2D eigenvalue weighted by molar-refractivity contribution is -0.179. The molecule has 92 valence electrons. The van der Waals surface area contributed by atoms with Gasteiger partial charge in [-0.1, -0.05) is 0 Å². The van der Waals surface area contributed by atoms with E-state index in [0.717, 1.165) is 0 Å². The average molecular weight is 231 g/mol. The summed E-state index contributed by atoms with van der Waals surface area (Å²) in [5.41, 5.74) is 0. The first-order valence-corrected chi connectivity index (χ1v) is 5.26. The Hall–Kier alpha value is -0.690. The van der Waals surface area contributed by atoms with Crippen molar-refractivity contribution < 1.29 is 23.7 Å². The lowest BCUT2D eigenvalue weighted by Gasteiger charge is -2.39. The Labute approximate surface area is 94.2 Å². The van der Waals surface area contributed by atoms with Gasteiger partial charge in [-0.15, -0.1) is 0 Å². The van der Waals surface area contributed by atoms with Crippen molar-refractivity contribution >= 4 is 5.91 Å². The Kier molecular flexibility index (Phi) is 3.16. The molecule has 0 saturated carbocycles. The maximum atomic E-state index is 11.3. The van der Waals surface area contributed by atoms with Crippen molar-refractivity contribution in [2.24, 2.45) is 0 Å². The van der Waals surface area contributed by atoms with E-state index in [0.29, 0.717) is 6.61 Å². The predicted molar refractivity (Wildman–Crippen MR) is 53.6 cm³/mol. The van der Waals surface area contributed by atoms with Gasteiger partial charge in [0.25, 0.3) is 5.91 Å². The molecule has 3 atom stereocenters. The molecule has 1 unspecified atom stereocenters. The summed E-state index contributed by atoms with van der Waals surface area (Å²) in [7, 11) is 1.52. The molecule has 0 aromatic carbocycles. The highest BCUT2D eigenvalue weighted by atomic mass is 16.7. The van der Waals surface area contributed by atoms with Crippen LogP contribution in [0.25, 0.3) is 0 Å². The summed E-state index contributed by atoms with van der Waals surface area (Å²) in [5, 5.41) is 2.76. The molecule has 2 heterocycles. The minimum Gasteiger partial charge on any atom is -0.359 e. The van der Waals surface area contributed by atoms with Gasteiger partial charge in [-0.3, -0.25) is 4.79 Å². The number of carbonyl (C=O) groups excluding carboxylic acids is 1. The van der Waals surface area contributed by atoms with E-state index in [-0.39, 0.29) is 24.8 Å². The molecule has 0 aromatic rings. The SMILES string of the molecule is COCO[C@H]1C(=O)NC1[C@H]1COC(C)(C)O1. The molecule has 0 bridgehead atoms. The van der Waals surface area contributed by atoms with Crippen LogP contribution in [-0.2, 0) is 23.7 Å². The number of hydrogen-bond acceptors (Lipinski definition) is 5. The van der Waals surface area contributed by atoms with Crippen molar-refractivity contribution in [3.05, 3.63) is 0 Å². The van der Waals surface area contributed by atoms with E-state index in [2.05, 4.69) is 5.32 Å². The third kappa shape index (κ3) is 2.20. The quantitative estimate of drug-likeness (QED) is 0.528. The highest BCUT2D eigenvalue weighted by molar-refractivity contribution is 5.88. The second-order valence-electron chi connectivity index (χ2n) is 4.40. The molecule has 2 aliphatic heterocycles. The van der Waals surface area contributed by atoms with Gasteiger partial charge >= 0.3 is 0 Å². The van der Waals surface area contributed by atoms with Crippen LogP contribution in [0.15, 0.2) is 0 Å². The van der Waals surface area contributed by atoms with Crippen molar-refractivity contribution in [1.82, 2.24) is 5.32 Å². The van der Waals surface area contributed by atoms with Crippen LogP contribution in [0.3, 0.4) is 0 Å². The van der Waals surface area contributed by atoms with Crippen LogP contribution in [0.4, 0.5) is 0 Å². The summed E-state index contributed by atoms with van der Waals surface area (Å²) in [4.78, 5) is 11.3. The number of hydrogen-bond donors (Lipinski definition) is 1. The molecule has 0 aliphatic carbocycles. The van der Waals surface area contributed by atoms with E-state index in [1.165, 1.54) is 7.11 Å². The molecule has 0 spiro atoms. The molecule has 1 amide bonds. The monoisotopic (exact) mass is 231 g/mol. The summed E-state index contributed by atoms with van der Waals surface area (Å²) < 4.78 is 21.1. The number of rotatable bonds is 4. The summed E-state index contributed by atoms with van der Waals surface area (Å²) in [5.74, 6) is -0.716. The molecule has 6 heteroatoms. The Bertz CT molecular complexity index is 280. The van der Waals surface area contributed by atoms with Gasteiger partial charge in [-0.25, -0.2) is 0 Å². The summed E-state index contributed by atoms with van der Waals surface area (Å²) in [6.07, 6.45) is -0.656. The number of methoxy groups -OCH3 is 1.